The zero-order valence-corrected chi connectivity index (χ0v) is 15.5. The van der Waals surface area contributed by atoms with Gasteiger partial charge in [0.2, 0.25) is 21.8 Å². The molecule has 0 aliphatic carbocycles. The number of amides is 2. The molecule has 2 aromatic rings. The summed E-state index contributed by atoms with van der Waals surface area (Å²) in [5.74, 6) is -0.999. The van der Waals surface area contributed by atoms with Gasteiger partial charge in [-0.1, -0.05) is 29.8 Å². The molecule has 2 amide bonds. The number of likely N-dealkylation sites (N-methyl/N-ethyl adjacent to an activating group) is 1. The Morgan fingerprint density at radius 2 is 1.62 bits per heavy atom. The number of halogens is 1. The summed E-state index contributed by atoms with van der Waals surface area (Å²) in [5.41, 5.74) is 0.606. The fourth-order valence-corrected chi connectivity index (χ4v) is 3.29. The molecule has 0 radical (unpaired) electrons. The van der Waals surface area contributed by atoms with Crippen LogP contribution in [-0.2, 0) is 19.6 Å². The van der Waals surface area contributed by atoms with Crippen LogP contribution in [0.2, 0.25) is 5.02 Å². The van der Waals surface area contributed by atoms with Crippen LogP contribution in [0.1, 0.15) is 0 Å². The molecule has 2 N–H and O–H groups in total. The molecule has 0 fully saturated rings. The quantitative estimate of drug-likeness (QED) is 0.746. The molecule has 0 saturated carbocycles. The SMILES string of the molecule is CN(CC(=O)NCC(=O)Nc1ccccc1)S(=O)(=O)c1ccc(Cl)cc1. The van der Waals surface area contributed by atoms with E-state index >= 15 is 0 Å². The Morgan fingerprint density at radius 3 is 2.23 bits per heavy atom. The standard InChI is InChI=1S/C17H18ClN3O4S/c1-21(26(24,25)15-9-7-13(18)8-10-15)12-17(23)19-11-16(22)20-14-5-3-2-4-6-14/h2-10H,11-12H2,1H3,(H,19,23)(H,20,22). The molecular formula is C17H18ClN3O4S. The van der Waals surface area contributed by atoms with Crippen molar-refractivity contribution in [1.82, 2.24) is 9.62 Å². The van der Waals surface area contributed by atoms with Gasteiger partial charge in [0.05, 0.1) is 18.0 Å². The zero-order valence-electron chi connectivity index (χ0n) is 14.0. The van der Waals surface area contributed by atoms with Crippen molar-refractivity contribution in [3.8, 4) is 0 Å². The molecule has 0 aliphatic rings. The Kier molecular flexibility index (Phi) is 6.73. The van der Waals surface area contributed by atoms with Crippen molar-refractivity contribution in [3.05, 3.63) is 59.6 Å². The van der Waals surface area contributed by atoms with E-state index < -0.39 is 28.4 Å². The molecule has 9 heteroatoms. The summed E-state index contributed by atoms with van der Waals surface area (Å²) in [7, 11) is -2.54. The van der Waals surface area contributed by atoms with Crippen molar-refractivity contribution < 1.29 is 18.0 Å². The number of benzene rings is 2. The zero-order chi connectivity index (χ0) is 19.2. The van der Waals surface area contributed by atoms with Gasteiger partial charge >= 0.3 is 0 Å². The summed E-state index contributed by atoms with van der Waals surface area (Å²) >= 11 is 5.74. The highest BCUT2D eigenvalue weighted by atomic mass is 35.5. The maximum absolute atomic E-state index is 12.4. The van der Waals surface area contributed by atoms with E-state index in [4.69, 9.17) is 11.6 Å². The van der Waals surface area contributed by atoms with E-state index in [2.05, 4.69) is 10.6 Å². The minimum absolute atomic E-state index is 0.0269. The fraction of sp³-hybridized carbons (Fsp3) is 0.176. The third-order valence-corrected chi connectivity index (χ3v) is 5.46. The van der Waals surface area contributed by atoms with Crippen LogP contribution in [0.15, 0.2) is 59.5 Å². The molecule has 0 bridgehead atoms. The third kappa shape index (κ3) is 5.55. The van der Waals surface area contributed by atoms with E-state index in [9.17, 15) is 18.0 Å². The lowest BCUT2D eigenvalue weighted by molar-refractivity contribution is -0.124. The van der Waals surface area contributed by atoms with Gasteiger partial charge in [-0.3, -0.25) is 9.59 Å². The average molecular weight is 396 g/mol. The van der Waals surface area contributed by atoms with Gasteiger partial charge in [0.1, 0.15) is 0 Å². The Hall–Kier alpha value is -2.42. The summed E-state index contributed by atoms with van der Waals surface area (Å²) in [6, 6.07) is 14.4. The van der Waals surface area contributed by atoms with Gasteiger partial charge in [0.15, 0.2) is 0 Å². The number of hydrogen-bond donors (Lipinski definition) is 2. The largest absolute Gasteiger partial charge is 0.346 e. The third-order valence-electron chi connectivity index (χ3n) is 3.39. The van der Waals surface area contributed by atoms with Gasteiger partial charge < -0.3 is 10.6 Å². The molecule has 2 aromatic carbocycles. The first-order valence-electron chi connectivity index (χ1n) is 7.62. The van der Waals surface area contributed by atoms with Crippen LogP contribution in [0.5, 0.6) is 0 Å². The van der Waals surface area contributed by atoms with E-state index in [1.165, 1.54) is 31.3 Å². The van der Waals surface area contributed by atoms with Gasteiger partial charge in [-0.2, -0.15) is 4.31 Å². The smallest absolute Gasteiger partial charge is 0.243 e. The second kappa shape index (κ2) is 8.79. The second-order valence-electron chi connectivity index (χ2n) is 5.41. The minimum Gasteiger partial charge on any atom is -0.346 e. The van der Waals surface area contributed by atoms with Gasteiger partial charge in [0.25, 0.3) is 0 Å². The number of anilines is 1. The normalized spacial score (nSPS) is 11.2. The van der Waals surface area contributed by atoms with Crippen LogP contribution >= 0.6 is 11.6 Å². The summed E-state index contributed by atoms with van der Waals surface area (Å²) in [6.07, 6.45) is 0. The van der Waals surface area contributed by atoms with Crippen molar-refractivity contribution in [2.75, 3.05) is 25.5 Å². The van der Waals surface area contributed by atoms with Gasteiger partial charge in [-0.05, 0) is 36.4 Å². The van der Waals surface area contributed by atoms with E-state index in [0.717, 1.165) is 4.31 Å². The van der Waals surface area contributed by atoms with Crippen LogP contribution < -0.4 is 10.6 Å². The number of nitrogens with zero attached hydrogens (tertiary/aromatic N) is 1. The molecule has 0 aromatic heterocycles. The van der Waals surface area contributed by atoms with E-state index in [1.807, 2.05) is 6.07 Å². The number of carbonyl (C=O) groups is 2. The van der Waals surface area contributed by atoms with Gasteiger partial charge in [-0.15, -0.1) is 0 Å². The number of nitrogens with one attached hydrogen (secondary N) is 2. The number of para-hydroxylation sites is 1. The summed E-state index contributed by atoms with van der Waals surface area (Å²) in [5, 5.41) is 5.41. The minimum atomic E-state index is -3.82. The van der Waals surface area contributed by atoms with Crippen molar-refractivity contribution >= 4 is 39.1 Å². The van der Waals surface area contributed by atoms with Crippen LogP contribution in [0.4, 0.5) is 5.69 Å². The van der Waals surface area contributed by atoms with Crippen molar-refractivity contribution in [1.29, 1.82) is 0 Å². The predicted octanol–water partition coefficient (Wildman–Crippen LogP) is 1.72. The molecular weight excluding hydrogens is 378 g/mol. The number of sulfonamides is 1. The summed E-state index contributed by atoms with van der Waals surface area (Å²) in [4.78, 5) is 23.7. The Balaban J connectivity index is 1.86. The van der Waals surface area contributed by atoms with Crippen LogP contribution in [0.25, 0.3) is 0 Å². The fourth-order valence-electron chi connectivity index (χ4n) is 2.04. The van der Waals surface area contributed by atoms with Gasteiger partial charge in [-0.25, -0.2) is 8.42 Å². The monoisotopic (exact) mass is 395 g/mol. The predicted molar refractivity (Wildman–Crippen MR) is 99.3 cm³/mol. The second-order valence-corrected chi connectivity index (χ2v) is 7.89. The lowest BCUT2D eigenvalue weighted by Crippen LogP contribution is -2.41. The van der Waals surface area contributed by atoms with Crippen molar-refractivity contribution in [2.45, 2.75) is 4.90 Å². The molecule has 0 unspecified atom stereocenters. The molecule has 0 heterocycles. The number of hydrogen-bond acceptors (Lipinski definition) is 4. The molecule has 26 heavy (non-hydrogen) atoms. The Labute approximate surface area is 157 Å². The molecule has 0 spiro atoms. The average Bonchev–Trinajstić information content (AvgIpc) is 2.61. The topological polar surface area (TPSA) is 95.6 Å². The lowest BCUT2D eigenvalue weighted by atomic mass is 10.3. The highest BCUT2D eigenvalue weighted by molar-refractivity contribution is 7.89. The first kappa shape index (κ1) is 19.9. The molecule has 0 atom stereocenters. The summed E-state index contributed by atoms with van der Waals surface area (Å²) < 4.78 is 25.7. The van der Waals surface area contributed by atoms with Crippen LogP contribution in [0.3, 0.4) is 0 Å². The first-order valence-corrected chi connectivity index (χ1v) is 9.44. The lowest BCUT2D eigenvalue weighted by Gasteiger charge is -2.17. The number of rotatable bonds is 7. The molecule has 0 saturated heterocycles. The van der Waals surface area contributed by atoms with E-state index in [0.29, 0.717) is 10.7 Å². The molecule has 2 rings (SSSR count). The molecule has 7 nitrogen and oxygen atoms in total. The Morgan fingerprint density at radius 1 is 1.00 bits per heavy atom. The number of carbonyl (C=O) groups excluding carboxylic acids is 2. The molecule has 138 valence electrons. The maximum atomic E-state index is 12.4. The summed E-state index contributed by atoms with van der Waals surface area (Å²) in [6.45, 7) is -0.674. The van der Waals surface area contributed by atoms with Crippen LogP contribution in [-0.4, -0.2) is 44.7 Å². The Bertz CT molecular complexity index is 871. The van der Waals surface area contributed by atoms with Gasteiger partial charge in [0, 0.05) is 17.8 Å². The highest BCUT2D eigenvalue weighted by Crippen LogP contribution is 2.17. The highest BCUT2D eigenvalue weighted by Gasteiger charge is 2.23. The van der Waals surface area contributed by atoms with Crippen molar-refractivity contribution in [2.24, 2.45) is 0 Å². The van der Waals surface area contributed by atoms with E-state index in [-0.39, 0.29) is 11.4 Å². The van der Waals surface area contributed by atoms with Crippen LogP contribution in [0, 0.1) is 0 Å². The van der Waals surface area contributed by atoms with Crippen molar-refractivity contribution in [3.63, 3.8) is 0 Å². The van der Waals surface area contributed by atoms with E-state index in [1.54, 1.807) is 24.3 Å². The first-order chi connectivity index (χ1) is 12.3. The molecule has 0 aliphatic heterocycles. The maximum Gasteiger partial charge on any atom is 0.243 e.